The zero-order valence-corrected chi connectivity index (χ0v) is 11.9. The van der Waals surface area contributed by atoms with E-state index in [1.807, 2.05) is 43.3 Å². The topological polar surface area (TPSA) is 60.8 Å². The van der Waals surface area contributed by atoms with Crippen LogP contribution in [0.4, 0.5) is 0 Å². The summed E-state index contributed by atoms with van der Waals surface area (Å²) in [5, 5.41) is 21.3. The Morgan fingerprint density at radius 3 is 2.45 bits per heavy atom. The lowest BCUT2D eigenvalue weighted by atomic mass is 9.99. The summed E-state index contributed by atoms with van der Waals surface area (Å²) < 4.78 is 0. The SMILES string of the molecule is CC(C(=O)O)N(C)C(C)c1ccc2ccccc2c1O. The second-order valence-electron chi connectivity index (χ2n) is 5.08. The number of fused-ring (bicyclic) bond motifs is 1. The highest BCUT2D eigenvalue weighted by Crippen LogP contribution is 2.34. The average molecular weight is 273 g/mol. The first-order chi connectivity index (χ1) is 9.43. The number of hydrogen-bond donors (Lipinski definition) is 2. The van der Waals surface area contributed by atoms with E-state index >= 15 is 0 Å². The highest BCUT2D eigenvalue weighted by Gasteiger charge is 2.24. The van der Waals surface area contributed by atoms with Crippen LogP contribution >= 0.6 is 0 Å². The normalized spacial score (nSPS) is 14.4. The molecule has 0 aliphatic heterocycles. The molecule has 2 rings (SSSR count). The lowest BCUT2D eigenvalue weighted by Gasteiger charge is -2.29. The molecule has 0 spiro atoms. The lowest BCUT2D eigenvalue weighted by molar-refractivity contribution is -0.142. The fourth-order valence-electron chi connectivity index (χ4n) is 2.34. The van der Waals surface area contributed by atoms with Crippen molar-refractivity contribution in [2.45, 2.75) is 25.9 Å². The van der Waals surface area contributed by atoms with Crippen molar-refractivity contribution in [3.63, 3.8) is 0 Å². The number of hydrogen-bond acceptors (Lipinski definition) is 3. The fourth-order valence-corrected chi connectivity index (χ4v) is 2.34. The summed E-state index contributed by atoms with van der Waals surface area (Å²) in [7, 11) is 1.75. The Hall–Kier alpha value is -2.07. The largest absolute Gasteiger partial charge is 0.507 e. The van der Waals surface area contributed by atoms with Crippen LogP contribution < -0.4 is 0 Å². The number of rotatable bonds is 4. The maximum absolute atomic E-state index is 11.1. The van der Waals surface area contributed by atoms with Gasteiger partial charge in [-0.3, -0.25) is 9.69 Å². The Morgan fingerprint density at radius 1 is 1.15 bits per heavy atom. The van der Waals surface area contributed by atoms with Crippen molar-refractivity contribution in [1.29, 1.82) is 0 Å². The van der Waals surface area contributed by atoms with E-state index in [0.717, 1.165) is 16.3 Å². The van der Waals surface area contributed by atoms with Crippen molar-refractivity contribution in [2.75, 3.05) is 7.05 Å². The predicted molar refractivity (Wildman–Crippen MR) is 78.9 cm³/mol. The van der Waals surface area contributed by atoms with Gasteiger partial charge in [0.15, 0.2) is 0 Å². The number of phenols is 1. The number of aliphatic carboxylic acids is 1. The number of nitrogens with zero attached hydrogens (tertiary/aromatic N) is 1. The van der Waals surface area contributed by atoms with Crippen LogP contribution in [0, 0.1) is 0 Å². The smallest absolute Gasteiger partial charge is 0.320 e. The second kappa shape index (κ2) is 5.51. The van der Waals surface area contributed by atoms with Gasteiger partial charge in [-0.15, -0.1) is 0 Å². The summed E-state index contributed by atoms with van der Waals surface area (Å²) in [6, 6.07) is 10.6. The molecule has 0 aliphatic rings. The first-order valence-electron chi connectivity index (χ1n) is 6.59. The Labute approximate surface area is 118 Å². The van der Waals surface area contributed by atoms with Gasteiger partial charge in [0.05, 0.1) is 0 Å². The van der Waals surface area contributed by atoms with Crippen LogP contribution in [0.2, 0.25) is 0 Å². The molecule has 0 aliphatic carbocycles. The molecule has 0 amide bonds. The van der Waals surface area contributed by atoms with Crippen molar-refractivity contribution in [1.82, 2.24) is 4.90 Å². The zero-order valence-electron chi connectivity index (χ0n) is 11.9. The summed E-state index contributed by atoms with van der Waals surface area (Å²) in [6.07, 6.45) is 0. The molecule has 2 unspecified atom stereocenters. The van der Waals surface area contributed by atoms with Gasteiger partial charge in [0, 0.05) is 17.0 Å². The molecule has 0 aromatic heterocycles. The minimum atomic E-state index is -0.875. The number of likely N-dealkylation sites (N-methyl/N-ethyl adjacent to an activating group) is 1. The van der Waals surface area contributed by atoms with Gasteiger partial charge in [-0.2, -0.15) is 0 Å². The third-order valence-electron chi connectivity index (χ3n) is 3.96. The highest BCUT2D eigenvalue weighted by molar-refractivity contribution is 5.89. The Morgan fingerprint density at radius 2 is 1.80 bits per heavy atom. The quantitative estimate of drug-likeness (QED) is 0.899. The number of carboxylic acid groups (broad SMARTS) is 1. The molecular weight excluding hydrogens is 254 g/mol. The Balaban J connectivity index is 2.42. The molecule has 2 aromatic rings. The molecule has 2 aromatic carbocycles. The van der Waals surface area contributed by atoms with Crippen LogP contribution in [0.15, 0.2) is 36.4 Å². The van der Waals surface area contributed by atoms with Crippen molar-refractivity contribution < 1.29 is 15.0 Å². The van der Waals surface area contributed by atoms with Crippen LogP contribution in [-0.2, 0) is 4.79 Å². The molecule has 20 heavy (non-hydrogen) atoms. The number of benzene rings is 2. The van der Waals surface area contributed by atoms with E-state index in [-0.39, 0.29) is 11.8 Å². The van der Waals surface area contributed by atoms with E-state index in [9.17, 15) is 9.90 Å². The summed E-state index contributed by atoms with van der Waals surface area (Å²) in [5.41, 5.74) is 0.735. The molecular formula is C16H19NO3. The minimum Gasteiger partial charge on any atom is -0.507 e. The van der Waals surface area contributed by atoms with Crippen LogP contribution in [0.5, 0.6) is 5.75 Å². The van der Waals surface area contributed by atoms with Gasteiger partial charge >= 0.3 is 5.97 Å². The van der Waals surface area contributed by atoms with E-state index in [1.54, 1.807) is 18.9 Å². The fraction of sp³-hybridized carbons (Fsp3) is 0.312. The molecule has 0 fully saturated rings. The van der Waals surface area contributed by atoms with Crippen LogP contribution in [0.1, 0.15) is 25.5 Å². The number of carboxylic acids is 1. The zero-order chi connectivity index (χ0) is 14.9. The predicted octanol–water partition coefficient (Wildman–Crippen LogP) is 3.01. The molecule has 0 saturated carbocycles. The summed E-state index contributed by atoms with van der Waals surface area (Å²) in [4.78, 5) is 12.8. The molecule has 0 bridgehead atoms. The highest BCUT2D eigenvalue weighted by atomic mass is 16.4. The summed E-state index contributed by atoms with van der Waals surface area (Å²) in [6.45, 7) is 3.53. The average Bonchev–Trinajstić information content (AvgIpc) is 2.45. The third kappa shape index (κ3) is 2.47. The first-order valence-corrected chi connectivity index (χ1v) is 6.59. The van der Waals surface area contributed by atoms with Gasteiger partial charge in [0.1, 0.15) is 11.8 Å². The summed E-state index contributed by atoms with van der Waals surface area (Å²) in [5.74, 6) is -0.653. The van der Waals surface area contributed by atoms with Crippen LogP contribution in [0.25, 0.3) is 10.8 Å². The van der Waals surface area contributed by atoms with Crippen molar-refractivity contribution >= 4 is 16.7 Å². The van der Waals surface area contributed by atoms with Crippen molar-refractivity contribution in [3.8, 4) is 5.75 Å². The lowest BCUT2D eigenvalue weighted by Crippen LogP contribution is -2.37. The maximum atomic E-state index is 11.1. The van der Waals surface area contributed by atoms with E-state index in [2.05, 4.69) is 0 Å². The molecule has 4 nitrogen and oxygen atoms in total. The molecule has 0 heterocycles. The van der Waals surface area contributed by atoms with Gasteiger partial charge in [0.2, 0.25) is 0 Å². The molecule has 2 atom stereocenters. The Kier molecular flexibility index (Phi) is 3.95. The second-order valence-corrected chi connectivity index (χ2v) is 5.08. The molecule has 4 heteroatoms. The molecule has 2 N–H and O–H groups in total. The van der Waals surface area contributed by atoms with E-state index in [1.165, 1.54) is 0 Å². The van der Waals surface area contributed by atoms with Crippen molar-refractivity contribution in [2.24, 2.45) is 0 Å². The number of carbonyl (C=O) groups is 1. The van der Waals surface area contributed by atoms with Crippen molar-refractivity contribution in [3.05, 3.63) is 42.0 Å². The molecule has 106 valence electrons. The van der Waals surface area contributed by atoms with Gasteiger partial charge in [-0.25, -0.2) is 0 Å². The minimum absolute atomic E-state index is 0.189. The summed E-state index contributed by atoms with van der Waals surface area (Å²) >= 11 is 0. The third-order valence-corrected chi connectivity index (χ3v) is 3.96. The van der Waals surface area contributed by atoms with Crippen LogP contribution in [-0.4, -0.2) is 34.2 Å². The number of aromatic hydroxyl groups is 1. The molecule has 0 saturated heterocycles. The van der Waals surface area contributed by atoms with Gasteiger partial charge in [-0.1, -0.05) is 36.4 Å². The van der Waals surface area contributed by atoms with E-state index in [4.69, 9.17) is 5.11 Å². The standard InChI is InChI=1S/C16H19NO3/c1-10(17(3)11(2)16(19)20)13-9-8-12-6-4-5-7-14(12)15(13)18/h4-11,18H,1-3H3,(H,19,20). The van der Waals surface area contributed by atoms with Gasteiger partial charge in [0.25, 0.3) is 0 Å². The molecule has 0 radical (unpaired) electrons. The number of phenolic OH excluding ortho intramolecular Hbond substituents is 1. The van der Waals surface area contributed by atoms with E-state index < -0.39 is 12.0 Å². The maximum Gasteiger partial charge on any atom is 0.320 e. The van der Waals surface area contributed by atoms with E-state index in [0.29, 0.717) is 0 Å². The monoisotopic (exact) mass is 273 g/mol. The van der Waals surface area contributed by atoms with Gasteiger partial charge in [-0.05, 0) is 26.3 Å². The van der Waals surface area contributed by atoms with Gasteiger partial charge < -0.3 is 10.2 Å². The van der Waals surface area contributed by atoms with Crippen LogP contribution in [0.3, 0.4) is 0 Å². The Bertz CT molecular complexity index is 639. The first kappa shape index (κ1) is 14.3.